The van der Waals surface area contributed by atoms with Crippen molar-refractivity contribution in [1.29, 1.82) is 0 Å². The predicted octanol–water partition coefficient (Wildman–Crippen LogP) is 1.88. The van der Waals surface area contributed by atoms with Crippen molar-refractivity contribution in [1.82, 2.24) is 10.3 Å². The van der Waals surface area contributed by atoms with Crippen LogP contribution in [-0.2, 0) is 20.7 Å². The predicted molar refractivity (Wildman–Crippen MR) is 84.5 cm³/mol. The number of pyridine rings is 1. The van der Waals surface area contributed by atoms with E-state index < -0.39 is 0 Å². The van der Waals surface area contributed by atoms with Crippen LogP contribution in [0.4, 0.5) is 0 Å². The second kappa shape index (κ2) is 8.66. The molecule has 22 heavy (non-hydrogen) atoms. The Kier molecular flexibility index (Phi) is 6.55. The number of allylic oxidation sites excluding steroid dienone is 1. The molecule has 1 saturated heterocycles. The quantitative estimate of drug-likeness (QED) is 0.815. The summed E-state index contributed by atoms with van der Waals surface area (Å²) in [6, 6.07) is 3.60. The van der Waals surface area contributed by atoms with E-state index in [0.717, 1.165) is 12.0 Å². The van der Waals surface area contributed by atoms with E-state index in [1.807, 2.05) is 32.1 Å². The Balaban J connectivity index is 1.85. The van der Waals surface area contributed by atoms with Crippen LogP contribution in [0.1, 0.15) is 25.8 Å². The Bertz CT molecular complexity index is 498. The van der Waals surface area contributed by atoms with Crippen LogP contribution in [0, 0.1) is 0 Å². The van der Waals surface area contributed by atoms with Gasteiger partial charge < -0.3 is 14.8 Å². The maximum Gasteiger partial charge on any atom is 0.224 e. The normalized spacial score (nSPS) is 21.2. The van der Waals surface area contributed by atoms with Crippen molar-refractivity contribution in [2.75, 3.05) is 19.8 Å². The summed E-state index contributed by atoms with van der Waals surface area (Å²) >= 11 is 0. The number of nitrogens with one attached hydrogen (secondary N) is 1. The summed E-state index contributed by atoms with van der Waals surface area (Å²) in [4.78, 5) is 16.1. The second-order valence-corrected chi connectivity index (χ2v) is 5.72. The van der Waals surface area contributed by atoms with Gasteiger partial charge in [0, 0.05) is 19.0 Å². The molecule has 0 unspecified atom stereocenters. The maximum atomic E-state index is 12.2. The zero-order valence-corrected chi connectivity index (χ0v) is 13.2. The third kappa shape index (κ3) is 5.58. The fourth-order valence-corrected chi connectivity index (χ4v) is 2.33. The molecule has 0 radical (unpaired) electrons. The average Bonchev–Trinajstić information content (AvgIpc) is 2.49. The van der Waals surface area contributed by atoms with Gasteiger partial charge in [-0.3, -0.25) is 9.78 Å². The zero-order valence-electron chi connectivity index (χ0n) is 13.2. The second-order valence-electron chi connectivity index (χ2n) is 5.72. The van der Waals surface area contributed by atoms with E-state index in [2.05, 4.69) is 10.3 Å². The maximum absolute atomic E-state index is 12.2. The Labute approximate surface area is 131 Å². The highest BCUT2D eigenvalue weighted by Gasteiger charge is 2.27. The van der Waals surface area contributed by atoms with Crippen molar-refractivity contribution in [2.45, 2.75) is 38.8 Å². The Hall–Kier alpha value is -1.72. The SMILES string of the molecule is CC(C)=CCO[C@@H]1CCOC[C@@H]1NC(=O)Cc1ccncc1. The van der Waals surface area contributed by atoms with Crippen molar-refractivity contribution in [2.24, 2.45) is 0 Å². The molecule has 2 atom stereocenters. The summed E-state index contributed by atoms with van der Waals surface area (Å²) in [6.45, 7) is 5.84. The highest BCUT2D eigenvalue weighted by Crippen LogP contribution is 2.13. The first-order chi connectivity index (χ1) is 10.6. The van der Waals surface area contributed by atoms with Crippen molar-refractivity contribution in [3.63, 3.8) is 0 Å². The molecular weight excluding hydrogens is 280 g/mol. The standard InChI is InChI=1S/C17H24N2O3/c1-13(2)5-10-22-16-6-9-21-12-15(16)19-17(20)11-14-3-7-18-8-4-14/h3-5,7-8,15-16H,6,9-12H2,1-2H3,(H,19,20)/t15-,16+/m0/s1. The van der Waals surface area contributed by atoms with Gasteiger partial charge in [0.05, 0.1) is 31.8 Å². The van der Waals surface area contributed by atoms with Crippen molar-refractivity contribution >= 4 is 5.91 Å². The molecule has 0 aromatic carbocycles. The molecule has 2 rings (SSSR count). The number of aromatic nitrogens is 1. The molecule has 1 aliphatic rings. The Morgan fingerprint density at radius 1 is 1.45 bits per heavy atom. The topological polar surface area (TPSA) is 60.5 Å². The first kappa shape index (κ1) is 16.6. The molecule has 0 spiro atoms. The van der Waals surface area contributed by atoms with Crippen LogP contribution in [-0.4, -0.2) is 42.9 Å². The highest BCUT2D eigenvalue weighted by molar-refractivity contribution is 5.78. The smallest absolute Gasteiger partial charge is 0.224 e. The van der Waals surface area contributed by atoms with E-state index in [1.54, 1.807) is 12.4 Å². The molecule has 120 valence electrons. The molecule has 5 nitrogen and oxygen atoms in total. The highest BCUT2D eigenvalue weighted by atomic mass is 16.5. The van der Waals surface area contributed by atoms with E-state index >= 15 is 0 Å². The van der Waals surface area contributed by atoms with Crippen LogP contribution in [0.3, 0.4) is 0 Å². The van der Waals surface area contributed by atoms with E-state index in [-0.39, 0.29) is 18.1 Å². The number of amides is 1. The third-order valence-electron chi connectivity index (χ3n) is 3.56. The molecule has 1 aromatic heterocycles. The lowest BCUT2D eigenvalue weighted by atomic mass is 10.1. The Morgan fingerprint density at radius 2 is 2.23 bits per heavy atom. The van der Waals surface area contributed by atoms with Crippen molar-refractivity contribution < 1.29 is 14.3 Å². The van der Waals surface area contributed by atoms with Crippen LogP contribution in [0.5, 0.6) is 0 Å². The van der Waals surface area contributed by atoms with Crippen LogP contribution < -0.4 is 5.32 Å². The van der Waals surface area contributed by atoms with Gasteiger partial charge in [0.15, 0.2) is 0 Å². The summed E-state index contributed by atoms with van der Waals surface area (Å²) in [5.74, 6) is -0.0162. The van der Waals surface area contributed by atoms with Gasteiger partial charge in [-0.15, -0.1) is 0 Å². The lowest BCUT2D eigenvalue weighted by molar-refractivity contribution is -0.125. The third-order valence-corrected chi connectivity index (χ3v) is 3.56. The molecule has 1 aromatic rings. The molecule has 1 fully saturated rings. The van der Waals surface area contributed by atoms with Gasteiger partial charge in [0.2, 0.25) is 5.91 Å². The number of ether oxygens (including phenoxy) is 2. The molecule has 5 heteroatoms. The number of carbonyl (C=O) groups excluding carboxylic acids is 1. The number of hydrogen-bond acceptors (Lipinski definition) is 4. The lowest BCUT2D eigenvalue weighted by Gasteiger charge is -2.32. The summed E-state index contributed by atoms with van der Waals surface area (Å²) in [7, 11) is 0. The molecule has 0 bridgehead atoms. The van der Waals surface area contributed by atoms with Crippen molar-refractivity contribution in [3.05, 3.63) is 41.7 Å². The van der Waals surface area contributed by atoms with E-state index in [4.69, 9.17) is 9.47 Å². The molecule has 0 saturated carbocycles. The van der Waals surface area contributed by atoms with Crippen LogP contribution in [0.15, 0.2) is 36.2 Å². The number of carbonyl (C=O) groups is 1. The number of hydrogen-bond donors (Lipinski definition) is 1. The van der Waals surface area contributed by atoms with Crippen LogP contribution in [0.25, 0.3) is 0 Å². The fraction of sp³-hybridized carbons (Fsp3) is 0.529. The first-order valence-corrected chi connectivity index (χ1v) is 7.66. The lowest BCUT2D eigenvalue weighted by Crippen LogP contribution is -2.51. The summed E-state index contributed by atoms with van der Waals surface area (Å²) in [5.41, 5.74) is 2.18. The van der Waals surface area contributed by atoms with Gasteiger partial charge in [0.1, 0.15) is 0 Å². The van der Waals surface area contributed by atoms with Gasteiger partial charge in [-0.1, -0.05) is 11.6 Å². The summed E-state index contributed by atoms with van der Waals surface area (Å²) in [6.07, 6.45) is 6.59. The molecule has 1 aliphatic heterocycles. The van der Waals surface area contributed by atoms with Gasteiger partial charge in [0.25, 0.3) is 0 Å². The molecule has 1 amide bonds. The molecule has 0 aliphatic carbocycles. The van der Waals surface area contributed by atoms with Gasteiger partial charge in [-0.2, -0.15) is 0 Å². The first-order valence-electron chi connectivity index (χ1n) is 7.66. The van der Waals surface area contributed by atoms with E-state index in [0.29, 0.717) is 26.2 Å². The Morgan fingerprint density at radius 3 is 2.95 bits per heavy atom. The molecule has 2 heterocycles. The van der Waals surface area contributed by atoms with Crippen LogP contribution in [0.2, 0.25) is 0 Å². The van der Waals surface area contributed by atoms with Gasteiger partial charge >= 0.3 is 0 Å². The van der Waals surface area contributed by atoms with Gasteiger partial charge in [-0.05, 0) is 38.0 Å². The largest absolute Gasteiger partial charge is 0.379 e. The molecule has 1 N–H and O–H groups in total. The van der Waals surface area contributed by atoms with Gasteiger partial charge in [-0.25, -0.2) is 0 Å². The number of nitrogens with zero attached hydrogens (tertiary/aromatic N) is 1. The minimum Gasteiger partial charge on any atom is -0.379 e. The van der Waals surface area contributed by atoms with E-state index in [1.165, 1.54) is 5.57 Å². The average molecular weight is 304 g/mol. The minimum atomic E-state index is -0.0892. The minimum absolute atomic E-state index is 0.00531. The van der Waals surface area contributed by atoms with Crippen LogP contribution >= 0.6 is 0 Å². The van der Waals surface area contributed by atoms with Crippen molar-refractivity contribution in [3.8, 4) is 0 Å². The fourth-order valence-electron chi connectivity index (χ4n) is 2.33. The number of rotatable bonds is 6. The summed E-state index contributed by atoms with van der Waals surface area (Å²) in [5, 5.41) is 3.03. The zero-order chi connectivity index (χ0) is 15.8. The monoisotopic (exact) mass is 304 g/mol. The van der Waals surface area contributed by atoms with E-state index in [9.17, 15) is 4.79 Å². The molecular formula is C17H24N2O3. The summed E-state index contributed by atoms with van der Waals surface area (Å²) < 4.78 is 11.3.